The number of rotatable bonds is 2. The Kier molecular flexibility index (Phi) is 3.62. The third-order valence-electron chi connectivity index (χ3n) is 3.23. The molecule has 1 fully saturated rings. The Labute approximate surface area is 108 Å². The highest BCUT2D eigenvalue weighted by molar-refractivity contribution is 7.80. The lowest BCUT2D eigenvalue weighted by Gasteiger charge is -2.30. The van der Waals surface area contributed by atoms with Crippen molar-refractivity contribution in [3.63, 3.8) is 0 Å². The third-order valence-corrected chi connectivity index (χ3v) is 3.43. The summed E-state index contributed by atoms with van der Waals surface area (Å²) in [4.78, 5) is 7.41. The number of pyridine rings is 1. The topological polar surface area (TPSA) is 42.1 Å². The molecule has 92 valence electrons. The Morgan fingerprint density at radius 1 is 1.29 bits per heavy atom. The van der Waals surface area contributed by atoms with Crippen LogP contribution >= 0.6 is 12.2 Å². The van der Waals surface area contributed by atoms with Gasteiger partial charge in [0, 0.05) is 18.8 Å². The molecule has 3 nitrogen and oxygen atoms in total. The van der Waals surface area contributed by atoms with Crippen molar-refractivity contribution in [3.8, 4) is 0 Å². The van der Waals surface area contributed by atoms with Gasteiger partial charge in [0.25, 0.3) is 0 Å². The first-order chi connectivity index (χ1) is 8.09. The predicted molar refractivity (Wildman–Crippen MR) is 75.7 cm³/mol. The third kappa shape index (κ3) is 2.57. The number of hydrogen-bond acceptors (Lipinski definition) is 3. The Hall–Kier alpha value is -1.16. The van der Waals surface area contributed by atoms with Gasteiger partial charge in [0.15, 0.2) is 0 Å². The number of anilines is 1. The molecule has 0 amide bonds. The summed E-state index contributed by atoms with van der Waals surface area (Å²) in [5.74, 6) is 0.981. The van der Waals surface area contributed by atoms with Gasteiger partial charge in [-0.3, -0.25) is 0 Å². The van der Waals surface area contributed by atoms with Crippen LogP contribution in [0.5, 0.6) is 0 Å². The minimum Gasteiger partial charge on any atom is -0.389 e. The number of thiocarbonyl (C=S) groups is 1. The standard InChI is InChI=1S/C13H19N3S/c1-9-8-10(2)15-13(11(9)12(14)17)16-6-4-3-5-7-16/h8H,3-7H2,1-2H3,(H2,14,17). The second-order valence-corrected chi connectivity index (χ2v) is 5.13. The summed E-state index contributed by atoms with van der Waals surface area (Å²) in [6, 6.07) is 2.04. The molecule has 0 radical (unpaired) electrons. The zero-order valence-corrected chi connectivity index (χ0v) is 11.3. The molecule has 0 spiro atoms. The normalized spacial score (nSPS) is 16.0. The fourth-order valence-corrected chi connectivity index (χ4v) is 2.71. The van der Waals surface area contributed by atoms with Gasteiger partial charge in [-0.2, -0.15) is 0 Å². The lowest BCUT2D eigenvalue weighted by Crippen LogP contribution is -2.32. The smallest absolute Gasteiger partial charge is 0.139 e. The van der Waals surface area contributed by atoms with E-state index in [1.807, 2.05) is 13.0 Å². The first-order valence-electron chi connectivity index (χ1n) is 6.12. The maximum Gasteiger partial charge on any atom is 0.139 e. The number of aryl methyl sites for hydroxylation is 2. The summed E-state index contributed by atoms with van der Waals surface area (Å²) < 4.78 is 0. The Morgan fingerprint density at radius 3 is 2.53 bits per heavy atom. The van der Waals surface area contributed by atoms with Crippen molar-refractivity contribution in [1.82, 2.24) is 4.98 Å². The van der Waals surface area contributed by atoms with E-state index in [2.05, 4.69) is 16.8 Å². The minimum atomic E-state index is 0.454. The summed E-state index contributed by atoms with van der Waals surface area (Å²) >= 11 is 5.16. The predicted octanol–water partition coefficient (Wildman–Crippen LogP) is 2.32. The average Bonchev–Trinajstić information content (AvgIpc) is 2.28. The van der Waals surface area contributed by atoms with Crippen LogP contribution in [0.3, 0.4) is 0 Å². The lowest BCUT2D eigenvalue weighted by molar-refractivity contribution is 0.572. The zero-order chi connectivity index (χ0) is 12.4. The van der Waals surface area contributed by atoms with E-state index in [4.69, 9.17) is 18.0 Å². The lowest BCUT2D eigenvalue weighted by atomic mass is 10.1. The van der Waals surface area contributed by atoms with Crippen molar-refractivity contribution in [2.75, 3.05) is 18.0 Å². The summed E-state index contributed by atoms with van der Waals surface area (Å²) in [6.07, 6.45) is 3.76. The number of nitrogens with two attached hydrogens (primary N) is 1. The molecule has 2 heterocycles. The van der Waals surface area contributed by atoms with Crippen LogP contribution in [0, 0.1) is 13.8 Å². The van der Waals surface area contributed by atoms with Gasteiger partial charge in [-0.15, -0.1) is 0 Å². The fourth-order valence-electron chi connectivity index (χ4n) is 2.46. The van der Waals surface area contributed by atoms with Crippen LogP contribution in [0.1, 0.15) is 36.1 Å². The molecule has 0 atom stereocenters. The van der Waals surface area contributed by atoms with E-state index in [0.29, 0.717) is 4.99 Å². The highest BCUT2D eigenvalue weighted by Crippen LogP contribution is 2.25. The molecule has 1 saturated heterocycles. The van der Waals surface area contributed by atoms with E-state index in [-0.39, 0.29) is 0 Å². The van der Waals surface area contributed by atoms with Crippen molar-refractivity contribution in [2.24, 2.45) is 5.73 Å². The van der Waals surface area contributed by atoms with E-state index in [1.54, 1.807) is 0 Å². The van der Waals surface area contributed by atoms with Gasteiger partial charge in [0.05, 0.1) is 5.56 Å². The quantitative estimate of drug-likeness (QED) is 0.817. The van der Waals surface area contributed by atoms with E-state index in [1.165, 1.54) is 19.3 Å². The summed E-state index contributed by atoms with van der Waals surface area (Å²) in [6.45, 7) is 6.19. The first-order valence-corrected chi connectivity index (χ1v) is 6.53. The molecular weight excluding hydrogens is 230 g/mol. The number of aromatic nitrogens is 1. The molecule has 2 rings (SSSR count). The maximum absolute atomic E-state index is 5.84. The van der Waals surface area contributed by atoms with Gasteiger partial charge in [0.2, 0.25) is 0 Å². The van der Waals surface area contributed by atoms with Gasteiger partial charge < -0.3 is 10.6 Å². The van der Waals surface area contributed by atoms with Crippen molar-refractivity contribution in [3.05, 3.63) is 22.9 Å². The van der Waals surface area contributed by atoms with Gasteiger partial charge in [-0.1, -0.05) is 12.2 Å². The molecule has 0 unspecified atom stereocenters. The zero-order valence-electron chi connectivity index (χ0n) is 10.5. The van der Waals surface area contributed by atoms with Gasteiger partial charge in [-0.05, 0) is 44.7 Å². The fraction of sp³-hybridized carbons (Fsp3) is 0.538. The molecule has 0 aromatic carbocycles. The molecule has 17 heavy (non-hydrogen) atoms. The molecule has 4 heteroatoms. The molecule has 0 aliphatic carbocycles. The van der Waals surface area contributed by atoms with Crippen molar-refractivity contribution in [2.45, 2.75) is 33.1 Å². The van der Waals surface area contributed by atoms with E-state index < -0.39 is 0 Å². The Balaban J connectivity index is 2.46. The van der Waals surface area contributed by atoms with Crippen LogP contribution < -0.4 is 10.6 Å². The Morgan fingerprint density at radius 2 is 1.94 bits per heavy atom. The minimum absolute atomic E-state index is 0.454. The number of nitrogens with zero attached hydrogens (tertiary/aromatic N) is 2. The second kappa shape index (κ2) is 5.00. The largest absolute Gasteiger partial charge is 0.389 e. The molecule has 1 aliphatic rings. The highest BCUT2D eigenvalue weighted by Gasteiger charge is 2.19. The molecule has 1 aromatic heterocycles. The monoisotopic (exact) mass is 249 g/mol. The Bertz CT molecular complexity index is 437. The number of hydrogen-bond donors (Lipinski definition) is 1. The van der Waals surface area contributed by atoms with Crippen molar-refractivity contribution >= 4 is 23.0 Å². The molecule has 1 aliphatic heterocycles. The summed E-state index contributed by atoms with van der Waals surface area (Å²) in [5, 5.41) is 0. The molecule has 0 bridgehead atoms. The van der Waals surface area contributed by atoms with Crippen LogP contribution in [-0.4, -0.2) is 23.1 Å². The second-order valence-electron chi connectivity index (χ2n) is 4.69. The molecule has 2 N–H and O–H groups in total. The average molecular weight is 249 g/mol. The SMILES string of the molecule is Cc1cc(C)c(C(N)=S)c(N2CCCCC2)n1. The van der Waals surface area contributed by atoms with Gasteiger partial charge in [-0.25, -0.2) is 4.98 Å². The van der Waals surface area contributed by atoms with E-state index in [0.717, 1.165) is 35.7 Å². The van der Waals surface area contributed by atoms with Gasteiger partial charge >= 0.3 is 0 Å². The molecule has 1 aromatic rings. The van der Waals surface area contributed by atoms with Crippen LogP contribution in [-0.2, 0) is 0 Å². The first kappa shape index (κ1) is 12.3. The van der Waals surface area contributed by atoms with Crippen molar-refractivity contribution < 1.29 is 0 Å². The summed E-state index contributed by atoms with van der Waals surface area (Å²) in [7, 11) is 0. The summed E-state index contributed by atoms with van der Waals surface area (Å²) in [5.41, 5.74) is 8.95. The highest BCUT2D eigenvalue weighted by atomic mass is 32.1. The van der Waals surface area contributed by atoms with Crippen LogP contribution in [0.2, 0.25) is 0 Å². The van der Waals surface area contributed by atoms with Crippen LogP contribution in [0.25, 0.3) is 0 Å². The van der Waals surface area contributed by atoms with E-state index in [9.17, 15) is 0 Å². The maximum atomic E-state index is 5.84. The van der Waals surface area contributed by atoms with Crippen LogP contribution in [0.15, 0.2) is 6.07 Å². The molecule has 0 saturated carbocycles. The van der Waals surface area contributed by atoms with Gasteiger partial charge in [0.1, 0.15) is 10.8 Å². The molecular formula is C13H19N3S. The van der Waals surface area contributed by atoms with E-state index >= 15 is 0 Å². The number of piperidine rings is 1. The van der Waals surface area contributed by atoms with Crippen molar-refractivity contribution in [1.29, 1.82) is 0 Å². The van der Waals surface area contributed by atoms with Crippen LogP contribution in [0.4, 0.5) is 5.82 Å².